The van der Waals surface area contributed by atoms with Gasteiger partial charge in [-0.05, 0) is 29.8 Å². The Morgan fingerprint density at radius 1 is 1.00 bits per heavy atom. The van der Waals surface area contributed by atoms with Crippen molar-refractivity contribution < 1.29 is 29.0 Å². The molecule has 142 valence electrons. The van der Waals surface area contributed by atoms with Gasteiger partial charge in [-0.25, -0.2) is 4.79 Å². The van der Waals surface area contributed by atoms with Crippen LogP contribution in [0.4, 0.5) is 0 Å². The van der Waals surface area contributed by atoms with Gasteiger partial charge in [0.1, 0.15) is 17.5 Å². The third-order valence-electron chi connectivity index (χ3n) is 3.60. The summed E-state index contributed by atoms with van der Waals surface area (Å²) < 4.78 is 10.4. The van der Waals surface area contributed by atoms with Gasteiger partial charge in [0, 0.05) is 13.3 Å². The van der Waals surface area contributed by atoms with Crippen LogP contribution in [0.25, 0.3) is 0 Å². The second-order valence-electron chi connectivity index (χ2n) is 5.81. The normalized spacial score (nSPS) is 11.3. The van der Waals surface area contributed by atoms with Crippen LogP contribution in [0.1, 0.15) is 18.9 Å². The second kappa shape index (κ2) is 9.96. The molecule has 1 amide bonds. The molecule has 0 radical (unpaired) electrons. The molecule has 0 saturated carbocycles. The quantitative estimate of drug-likeness (QED) is 0.517. The fourth-order valence-corrected chi connectivity index (χ4v) is 2.34. The van der Waals surface area contributed by atoms with Crippen LogP contribution in [0.2, 0.25) is 0 Å². The summed E-state index contributed by atoms with van der Waals surface area (Å²) in [4.78, 5) is 34.3. The minimum atomic E-state index is -1.13. The summed E-state index contributed by atoms with van der Waals surface area (Å²) in [6, 6.07) is 14.4. The third-order valence-corrected chi connectivity index (χ3v) is 3.60. The molecule has 0 heterocycles. The molecule has 0 bridgehead atoms. The molecule has 0 fully saturated rings. The van der Waals surface area contributed by atoms with Crippen LogP contribution < -0.4 is 14.8 Å². The van der Waals surface area contributed by atoms with Gasteiger partial charge in [0.25, 0.3) is 0 Å². The molecule has 2 aromatic rings. The number of rotatable bonds is 9. The lowest BCUT2D eigenvalue weighted by atomic mass is 10.1. The van der Waals surface area contributed by atoms with Gasteiger partial charge in [-0.15, -0.1) is 0 Å². The van der Waals surface area contributed by atoms with E-state index in [4.69, 9.17) is 9.47 Å². The molecular formula is C20H21NO6. The molecule has 1 unspecified atom stereocenters. The van der Waals surface area contributed by atoms with Gasteiger partial charge in [0.05, 0.1) is 13.0 Å². The van der Waals surface area contributed by atoms with Gasteiger partial charge in [-0.3, -0.25) is 9.59 Å². The van der Waals surface area contributed by atoms with Gasteiger partial charge in [0.2, 0.25) is 5.91 Å². The molecule has 0 aliphatic carbocycles. The zero-order valence-electron chi connectivity index (χ0n) is 14.9. The molecule has 0 spiro atoms. The monoisotopic (exact) mass is 371 g/mol. The lowest BCUT2D eigenvalue weighted by molar-refractivity contribution is -0.141. The Morgan fingerprint density at radius 3 is 2.26 bits per heavy atom. The third kappa shape index (κ3) is 7.19. The lowest BCUT2D eigenvalue weighted by Gasteiger charge is -2.15. The van der Waals surface area contributed by atoms with E-state index in [9.17, 15) is 19.5 Å². The van der Waals surface area contributed by atoms with E-state index < -0.39 is 23.9 Å². The summed E-state index contributed by atoms with van der Waals surface area (Å²) in [5.41, 5.74) is 0.694. The van der Waals surface area contributed by atoms with Crippen LogP contribution in [-0.2, 0) is 20.8 Å². The summed E-state index contributed by atoms with van der Waals surface area (Å²) in [6.45, 7) is 1.45. The van der Waals surface area contributed by atoms with E-state index in [0.29, 0.717) is 17.1 Å². The number of aliphatic carboxylic acids is 1. The van der Waals surface area contributed by atoms with Crippen molar-refractivity contribution in [1.29, 1.82) is 0 Å². The van der Waals surface area contributed by atoms with Crippen molar-refractivity contribution in [3.8, 4) is 11.5 Å². The van der Waals surface area contributed by atoms with E-state index in [-0.39, 0.29) is 19.4 Å². The van der Waals surface area contributed by atoms with E-state index in [1.807, 2.05) is 18.2 Å². The Labute approximate surface area is 156 Å². The Balaban J connectivity index is 1.84. The number of carboxylic acid groups (broad SMARTS) is 1. The maximum atomic E-state index is 12.0. The van der Waals surface area contributed by atoms with Crippen molar-refractivity contribution in [3.05, 3.63) is 60.2 Å². The standard InChI is InChI=1S/C20H21NO6/c1-14(22)27-17-9-7-15(8-10-17)13-18(20(24)25)21-19(23)11-12-26-16-5-3-2-4-6-16/h2-10,18H,11-13H2,1H3,(H,21,23)(H,24,25). The highest BCUT2D eigenvalue weighted by molar-refractivity contribution is 5.83. The SMILES string of the molecule is CC(=O)Oc1ccc(CC(NC(=O)CCOc2ccccc2)C(=O)O)cc1. The van der Waals surface area contributed by atoms with E-state index in [2.05, 4.69) is 5.32 Å². The van der Waals surface area contributed by atoms with Crippen molar-refractivity contribution in [3.63, 3.8) is 0 Å². The highest BCUT2D eigenvalue weighted by Crippen LogP contribution is 2.14. The summed E-state index contributed by atoms with van der Waals surface area (Å²) >= 11 is 0. The number of carboxylic acids is 1. The predicted octanol–water partition coefficient (Wildman–Crippen LogP) is 2.19. The number of benzene rings is 2. The van der Waals surface area contributed by atoms with Crippen LogP contribution in [0.3, 0.4) is 0 Å². The molecule has 1 atom stereocenters. The zero-order valence-corrected chi connectivity index (χ0v) is 14.9. The topological polar surface area (TPSA) is 102 Å². The van der Waals surface area contributed by atoms with E-state index in [0.717, 1.165) is 0 Å². The summed E-state index contributed by atoms with van der Waals surface area (Å²) in [7, 11) is 0. The first-order valence-electron chi connectivity index (χ1n) is 8.41. The first-order valence-corrected chi connectivity index (χ1v) is 8.41. The van der Waals surface area contributed by atoms with Crippen molar-refractivity contribution >= 4 is 17.8 Å². The maximum Gasteiger partial charge on any atom is 0.326 e. The molecular weight excluding hydrogens is 350 g/mol. The first-order chi connectivity index (χ1) is 12.9. The summed E-state index contributed by atoms with van der Waals surface area (Å²) in [5, 5.41) is 11.8. The number of amides is 1. The molecule has 0 saturated heterocycles. The summed E-state index contributed by atoms with van der Waals surface area (Å²) in [5.74, 6) is -0.949. The minimum absolute atomic E-state index is 0.0457. The molecule has 0 aromatic heterocycles. The smallest absolute Gasteiger partial charge is 0.326 e. The second-order valence-corrected chi connectivity index (χ2v) is 5.81. The van der Waals surface area contributed by atoms with Gasteiger partial charge in [-0.2, -0.15) is 0 Å². The van der Waals surface area contributed by atoms with Crippen LogP contribution in [0.15, 0.2) is 54.6 Å². The van der Waals surface area contributed by atoms with Gasteiger partial charge in [-0.1, -0.05) is 30.3 Å². The highest BCUT2D eigenvalue weighted by atomic mass is 16.5. The number of hydrogen-bond acceptors (Lipinski definition) is 5. The first kappa shape index (κ1) is 20.0. The molecule has 0 aliphatic heterocycles. The number of para-hydroxylation sites is 1. The maximum absolute atomic E-state index is 12.0. The minimum Gasteiger partial charge on any atom is -0.493 e. The number of ether oxygens (including phenoxy) is 2. The Kier molecular flexibility index (Phi) is 7.37. The van der Waals surface area contributed by atoms with E-state index in [1.54, 1.807) is 36.4 Å². The molecule has 7 heteroatoms. The average molecular weight is 371 g/mol. The largest absolute Gasteiger partial charge is 0.493 e. The molecule has 2 rings (SSSR count). The molecule has 7 nitrogen and oxygen atoms in total. The average Bonchev–Trinajstić information content (AvgIpc) is 2.63. The van der Waals surface area contributed by atoms with Gasteiger partial charge < -0.3 is 19.9 Å². The summed E-state index contributed by atoms with van der Waals surface area (Å²) in [6.07, 6.45) is 0.158. The van der Waals surface area contributed by atoms with Crippen LogP contribution >= 0.6 is 0 Å². The molecule has 2 aromatic carbocycles. The van der Waals surface area contributed by atoms with Crippen LogP contribution in [0.5, 0.6) is 11.5 Å². The number of carbonyl (C=O) groups excluding carboxylic acids is 2. The van der Waals surface area contributed by atoms with Crippen molar-refractivity contribution in [2.24, 2.45) is 0 Å². The fourth-order valence-electron chi connectivity index (χ4n) is 2.34. The Hall–Kier alpha value is -3.35. The number of carbonyl (C=O) groups is 3. The Morgan fingerprint density at radius 2 is 1.67 bits per heavy atom. The van der Waals surface area contributed by atoms with Crippen molar-refractivity contribution in [2.45, 2.75) is 25.8 Å². The predicted molar refractivity (Wildman–Crippen MR) is 97.6 cm³/mol. The molecule has 27 heavy (non-hydrogen) atoms. The van der Waals surface area contributed by atoms with E-state index >= 15 is 0 Å². The van der Waals surface area contributed by atoms with Crippen LogP contribution in [0, 0.1) is 0 Å². The Bertz CT molecular complexity index is 773. The van der Waals surface area contributed by atoms with Gasteiger partial charge in [0.15, 0.2) is 0 Å². The zero-order chi connectivity index (χ0) is 19.6. The lowest BCUT2D eigenvalue weighted by Crippen LogP contribution is -2.42. The van der Waals surface area contributed by atoms with Crippen LogP contribution in [-0.4, -0.2) is 35.6 Å². The number of hydrogen-bond donors (Lipinski definition) is 2. The highest BCUT2D eigenvalue weighted by Gasteiger charge is 2.20. The van der Waals surface area contributed by atoms with Crippen molar-refractivity contribution in [1.82, 2.24) is 5.32 Å². The molecule has 0 aliphatic rings. The number of nitrogens with one attached hydrogen (secondary N) is 1. The van der Waals surface area contributed by atoms with Gasteiger partial charge >= 0.3 is 11.9 Å². The van der Waals surface area contributed by atoms with E-state index in [1.165, 1.54) is 6.92 Å². The molecule has 2 N–H and O–H groups in total. The number of esters is 1. The fraction of sp³-hybridized carbons (Fsp3) is 0.250. The van der Waals surface area contributed by atoms with Crippen molar-refractivity contribution in [2.75, 3.05) is 6.61 Å².